The van der Waals surface area contributed by atoms with Gasteiger partial charge in [-0.25, -0.2) is 18.2 Å². The van der Waals surface area contributed by atoms with Gasteiger partial charge in [0.1, 0.15) is 15.7 Å². The number of rotatable bonds is 4. The van der Waals surface area contributed by atoms with Gasteiger partial charge in [-0.1, -0.05) is 13.8 Å². The van der Waals surface area contributed by atoms with Gasteiger partial charge in [-0.2, -0.15) is 0 Å². The van der Waals surface area contributed by atoms with E-state index in [1.54, 1.807) is 6.07 Å². The topological polar surface area (TPSA) is 96.4 Å². The number of carboxylic acid groups (broad SMARTS) is 1. The number of sulfone groups is 1. The van der Waals surface area contributed by atoms with E-state index >= 15 is 0 Å². The van der Waals surface area contributed by atoms with Gasteiger partial charge in [-0.05, 0) is 30.9 Å². The summed E-state index contributed by atoms with van der Waals surface area (Å²) in [5, 5.41) is 12.3. The molecule has 6 nitrogen and oxygen atoms in total. The van der Waals surface area contributed by atoms with E-state index in [9.17, 15) is 13.2 Å². The normalized spacial score (nSPS) is 18.6. The van der Waals surface area contributed by atoms with Crippen molar-refractivity contribution >= 4 is 21.6 Å². The van der Waals surface area contributed by atoms with Crippen LogP contribution in [0.25, 0.3) is 0 Å². The van der Waals surface area contributed by atoms with E-state index in [1.807, 2.05) is 13.8 Å². The maximum absolute atomic E-state index is 11.4. The van der Waals surface area contributed by atoms with Crippen LogP contribution in [0, 0.1) is 0 Å². The van der Waals surface area contributed by atoms with E-state index in [0.29, 0.717) is 24.4 Å². The van der Waals surface area contributed by atoms with Crippen molar-refractivity contribution < 1.29 is 18.3 Å². The number of pyridine rings is 1. The van der Waals surface area contributed by atoms with E-state index in [1.165, 1.54) is 6.07 Å². The maximum Gasteiger partial charge on any atom is 0.335 e. The van der Waals surface area contributed by atoms with Crippen LogP contribution < -0.4 is 5.32 Å². The van der Waals surface area contributed by atoms with Crippen molar-refractivity contribution in [3.63, 3.8) is 0 Å². The van der Waals surface area contributed by atoms with Crippen LogP contribution in [-0.2, 0) is 9.84 Å². The number of hydrogen-bond acceptors (Lipinski definition) is 5. The number of nitrogens with zero attached hydrogens (tertiary/aromatic N) is 1. The van der Waals surface area contributed by atoms with E-state index in [-0.39, 0.29) is 29.0 Å². The first-order chi connectivity index (χ1) is 9.77. The highest BCUT2D eigenvalue weighted by atomic mass is 32.2. The molecule has 0 radical (unpaired) electrons. The SMILES string of the molecule is CC(C)c1cc(C(=O)O)cc(NC2CCS(=O)(=O)CC2)n1. The average molecular weight is 312 g/mol. The highest BCUT2D eigenvalue weighted by Crippen LogP contribution is 2.21. The van der Waals surface area contributed by atoms with Crippen LogP contribution in [-0.4, -0.2) is 42.0 Å². The molecule has 0 bridgehead atoms. The van der Waals surface area contributed by atoms with Gasteiger partial charge in [0.25, 0.3) is 0 Å². The minimum absolute atomic E-state index is 0.0186. The summed E-state index contributed by atoms with van der Waals surface area (Å²) in [5.41, 5.74) is 0.903. The van der Waals surface area contributed by atoms with E-state index in [0.717, 1.165) is 0 Å². The minimum atomic E-state index is -2.91. The van der Waals surface area contributed by atoms with Crippen molar-refractivity contribution in [3.8, 4) is 0 Å². The number of anilines is 1. The lowest BCUT2D eigenvalue weighted by Crippen LogP contribution is -2.32. The van der Waals surface area contributed by atoms with Crippen molar-refractivity contribution in [2.75, 3.05) is 16.8 Å². The van der Waals surface area contributed by atoms with Gasteiger partial charge < -0.3 is 10.4 Å². The Labute approximate surface area is 124 Å². The maximum atomic E-state index is 11.4. The predicted molar refractivity (Wildman–Crippen MR) is 80.6 cm³/mol. The molecule has 1 aromatic heterocycles. The largest absolute Gasteiger partial charge is 0.478 e. The van der Waals surface area contributed by atoms with Crippen molar-refractivity contribution in [1.82, 2.24) is 4.98 Å². The van der Waals surface area contributed by atoms with E-state index in [4.69, 9.17) is 5.11 Å². The van der Waals surface area contributed by atoms with E-state index < -0.39 is 15.8 Å². The first-order valence-electron chi connectivity index (χ1n) is 6.99. The Kier molecular flexibility index (Phi) is 4.51. The van der Waals surface area contributed by atoms with Crippen molar-refractivity contribution in [2.24, 2.45) is 0 Å². The molecular formula is C14H20N2O4S. The Morgan fingerprint density at radius 2 is 1.95 bits per heavy atom. The standard InChI is InChI=1S/C14H20N2O4S/c1-9(2)12-7-10(14(17)18)8-13(16-12)15-11-3-5-21(19,20)6-4-11/h7-9,11H,3-6H2,1-2H3,(H,15,16)(H,17,18). The average Bonchev–Trinajstić information content (AvgIpc) is 2.41. The molecule has 0 spiro atoms. The van der Waals surface area contributed by atoms with Crippen LogP contribution in [0.15, 0.2) is 12.1 Å². The molecule has 1 aromatic rings. The molecule has 0 amide bonds. The second-order valence-corrected chi connectivity index (χ2v) is 8.00. The lowest BCUT2D eigenvalue weighted by atomic mass is 10.1. The zero-order chi connectivity index (χ0) is 15.6. The molecule has 0 unspecified atom stereocenters. The third-order valence-electron chi connectivity index (χ3n) is 3.59. The number of nitrogens with one attached hydrogen (secondary N) is 1. The molecule has 1 aliphatic heterocycles. The molecule has 2 heterocycles. The molecule has 0 saturated carbocycles. The van der Waals surface area contributed by atoms with Crippen LogP contribution in [0.3, 0.4) is 0 Å². The van der Waals surface area contributed by atoms with Crippen molar-refractivity contribution in [1.29, 1.82) is 0 Å². The molecule has 0 atom stereocenters. The smallest absolute Gasteiger partial charge is 0.335 e. The molecule has 2 rings (SSSR count). The van der Waals surface area contributed by atoms with Gasteiger partial charge in [0.2, 0.25) is 0 Å². The number of aromatic carboxylic acids is 1. The molecule has 0 aliphatic carbocycles. The lowest BCUT2D eigenvalue weighted by molar-refractivity contribution is 0.0696. The van der Waals surface area contributed by atoms with Gasteiger partial charge in [-0.3, -0.25) is 0 Å². The minimum Gasteiger partial charge on any atom is -0.478 e. The molecule has 1 fully saturated rings. The van der Waals surface area contributed by atoms with E-state index in [2.05, 4.69) is 10.3 Å². The van der Waals surface area contributed by atoms with Crippen LogP contribution >= 0.6 is 0 Å². The summed E-state index contributed by atoms with van der Waals surface area (Å²) in [7, 11) is -2.91. The summed E-state index contributed by atoms with van der Waals surface area (Å²) in [6.45, 7) is 3.90. The number of hydrogen-bond donors (Lipinski definition) is 2. The molecule has 2 N–H and O–H groups in total. The zero-order valence-electron chi connectivity index (χ0n) is 12.2. The fourth-order valence-corrected chi connectivity index (χ4v) is 3.78. The molecule has 116 valence electrons. The molecule has 7 heteroatoms. The van der Waals surface area contributed by atoms with Crippen molar-refractivity contribution in [3.05, 3.63) is 23.4 Å². The van der Waals surface area contributed by atoms with Crippen LogP contribution in [0.5, 0.6) is 0 Å². The van der Waals surface area contributed by atoms with Gasteiger partial charge >= 0.3 is 5.97 Å². The summed E-state index contributed by atoms with van der Waals surface area (Å²) in [6.07, 6.45) is 1.05. The number of carbonyl (C=O) groups is 1. The highest BCUT2D eigenvalue weighted by Gasteiger charge is 2.24. The summed E-state index contributed by atoms with van der Waals surface area (Å²) in [5.74, 6) is -0.0336. The monoisotopic (exact) mass is 312 g/mol. The zero-order valence-corrected chi connectivity index (χ0v) is 13.0. The molecule has 0 aromatic carbocycles. The number of carboxylic acids is 1. The second-order valence-electron chi connectivity index (χ2n) is 5.70. The fraction of sp³-hybridized carbons (Fsp3) is 0.571. The Morgan fingerprint density at radius 1 is 1.33 bits per heavy atom. The number of aromatic nitrogens is 1. The first kappa shape index (κ1) is 15.8. The Bertz CT molecular complexity index is 626. The van der Waals surface area contributed by atoms with Crippen LogP contribution in [0.1, 0.15) is 48.7 Å². The molecule has 1 aliphatic rings. The second kappa shape index (κ2) is 6.01. The van der Waals surface area contributed by atoms with Gasteiger partial charge in [0, 0.05) is 11.7 Å². The Balaban J connectivity index is 2.18. The van der Waals surface area contributed by atoms with Gasteiger partial charge in [0.05, 0.1) is 17.1 Å². The summed E-state index contributed by atoms with van der Waals surface area (Å²) >= 11 is 0. The Hall–Kier alpha value is -1.63. The highest BCUT2D eigenvalue weighted by molar-refractivity contribution is 7.91. The van der Waals surface area contributed by atoms with Gasteiger partial charge in [-0.15, -0.1) is 0 Å². The first-order valence-corrected chi connectivity index (χ1v) is 8.81. The van der Waals surface area contributed by atoms with Gasteiger partial charge in [0.15, 0.2) is 0 Å². The fourth-order valence-electron chi connectivity index (χ4n) is 2.29. The summed E-state index contributed by atoms with van der Waals surface area (Å²) in [4.78, 5) is 15.6. The van der Waals surface area contributed by atoms with Crippen LogP contribution in [0.2, 0.25) is 0 Å². The summed E-state index contributed by atoms with van der Waals surface area (Å²) in [6, 6.07) is 3.09. The summed E-state index contributed by atoms with van der Waals surface area (Å²) < 4.78 is 22.8. The molecule has 1 saturated heterocycles. The third-order valence-corrected chi connectivity index (χ3v) is 5.31. The predicted octanol–water partition coefficient (Wildman–Crippen LogP) is 1.89. The third kappa shape index (κ3) is 4.17. The quantitative estimate of drug-likeness (QED) is 0.881. The Morgan fingerprint density at radius 3 is 2.48 bits per heavy atom. The van der Waals surface area contributed by atoms with Crippen molar-refractivity contribution in [2.45, 2.75) is 38.6 Å². The molecular weight excluding hydrogens is 292 g/mol. The molecule has 21 heavy (non-hydrogen) atoms. The lowest BCUT2D eigenvalue weighted by Gasteiger charge is -2.24. The van der Waals surface area contributed by atoms with Crippen LogP contribution in [0.4, 0.5) is 5.82 Å².